The summed E-state index contributed by atoms with van der Waals surface area (Å²) in [7, 11) is 0. The predicted octanol–water partition coefficient (Wildman–Crippen LogP) is 5.02. The first-order chi connectivity index (χ1) is 18.7. The Morgan fingerprint density at radius 1 is 0.923 bits per heavy atom. The van der Waals surface area contributed by atoms with Crippen molar-refractivity contribution in [1.82, 2.24) is 15.1 Å². The molecule has 210 valence electrons. The van der Waals surface area contributed by atoms with Crippen molar-refractivity contribution >= 4 is 23.3 Å². The lowest BCUT2D eigenvalue weighted by Crippen LogP contribution is -2.55. The van der Waals surface area contributed by atoms with E-state index < -0.39 is 0 Å². The van der Waals surface area contributed by atoms with Crippen LogP contribution in [0.2, 0.25) is 0 Å². The molecule has 2 N–H and O–H groups in total. The Labute approximate surface area is 231 Å². The van der Waals surface area contributed by atoms with Crippen molar-refractivity contribution in [3.8, 4) is 0 Å². The lowest BCUT2D eigenvalue weighted by molar-refractivity contribution is 0.0876. The quantitative estimate of drug-likeness (QED) is 0.440. The van der Waals surface area contributed by atoms with E-state index in [1.807, 2.05) is 12.1 Å². The second kappa shape index (κ2) is 13.3. The maximum absolute atomic E-state index is 13.3. The van der Waals surface area contributed by atoms with Crippen LogP contribution in [0.15, 0.2) is 42.5 Å². The van der Waals surface area contributed by atoms with E-state index in [0.717, 1.165) is 58.5 Å². The molecule has 2 fully saturated rings. The van der Waals surface area contributed by atoms with Gasteiger partial charge in [0.1, 0.15) is 5.82 Å². The number of rotatable bonds is 9. The number of anilines is 1. The molecule has 0 radical (unpaired) electrons. The first-order valence-corrected chi connectivity index (χ1v) is 14.1. The fraction of sp³-hybridized carbons (Fsp3) is 0.516. The van der Waals surface area contributed by atoms with Crippen LogP contribution in [-0.4, -0.2) is 72.7 Å². The maximum atomic E-state index is 13.3. The van der Waals surface area contributed by atoms with E-state index in [0.29, 0.717) is 22.7 Å². The van der Waals surface area contributed by atoms with E-state index >= 15 is 0 Å². The average Bonchev–Trinajstić information content (AvgIpc) is 2.91. The second-order valence-corrected chi connectivity index (χ2v) is 11.2. The van der Waals surface area contributed by atoms with Gasteiger partial charge < -0.3 is 20.4 Å². The van der Waals surface area contributed by atoms with Crippen molar-refractivity contribution in [2.24, 2.45) is 11.8 Å². The van der Waals surface area contributed by atoms with Gasteiger partial charge in [-0.15, -0.1) is 0 Å². The molecule has 0 aromatic heterocycles. The Balaban J connectivity index is 1.39. The molecule has 0 saturated carbocycles. The molecule has 2 aliphatic heterocycles. The normalized spacial score (nSPS) is 22.3. The zero-order chi connectivity index (χ0) is 27.9. The van der Waals surface area contributed by atoms with Crippen LogP contribution in [-0.2, 0) is 6.42 Å². The summed E-state index contributed by atoms with van der Waals surface area (Å²) in [6, 6.07) is 11.3. The molecule has 0 bridgehead atoms. The van der Waals surface area contributed by atoms with Crippen molar-refractivity contribution in [2.45, 2.75) is 52.5 Å². The Morgan fingerprint density at radius 3 is 2.26 bits per heavy atom. The Kier molecular flexibility index (Phi) is 9.86. The first-order valence-electron chi connectivity index (χ1n) is 14.1. The van der Waals surface area contributed by atoms with Gasteiger partial charge >= 0.3 is 6.03 Å². The molecule has 0 unspecified atom stereocenters. The van der Waals surface area contributed by atoms with Gasteiger partial charge in [0.15, 0.2) is 11.6 Å². The number of amides is 2. The number of hydrogen-bond acceptors (Lipinski definition) is 5. The number of carbonyl (C=O) groups excluding carboxylic acids is 3. The van der Waals surface area contributed by atoms with Crippen LogP contribution in [0, 0.1) is 17.7 Å². The first kappa shape index (κ1) is 28.9. The molecule has 2 aliphatic rings. The molecule has 2 aromatic carbocycles. The fourth-order valence-electron chi connectivity index (χ4n) is 5.98. The summed E-state index contributed by atoms with van der Waals surface area (Å²) in [4.78, 5) is 41.9. The van der Waals surface area contributed by atoms with Gasteiger partial charge in [-0.25, -0.2) is 9.18 Å². The third-order valence-corrected chi connectivity index (χ3v) is 8.12. The van der Waals surface area contributed by atoms with E-state index in [1.54, 1.807) is 18.2 Å². The van der Waals surface area contributed by atoms with Gasteiger partial charge in [0.25, 0.3) is 0 Å². The van der Waals surface area contributed by atoms with Gasteiger partial charge in [-0.05, 0) is 94.4 Å². The van der Waals surface area contributed by atoms with Crippen LogP contribution in [0.3, 0.4) is 0 Å². The number of benzene rings is 2. The Bertz CT molecular complexity index is 1140. The Hall–Kier alpha value is -3.10. The van der Waals surface area contributed by atoms with Crippen molar-refractivity contribution in [3.05, 3.63) is 65.0 Å². The molecule has 2 saturated heterocycles. The highest BCUT2D eigenvalue weighted by Gasteiger charge is 2.32. The van der Waals surface area contributed by atoms with Gasteiger partial charge in [-0.1, -0.05) is 19.1 Å². The van der Waals surface area contributed by atoms with Gasteiger partial charge in [-0.2, -0.15) is 0 Å². The minimum atomic E-state index is -0.321. The molecule has 8 heteroatoms. The number of ketones is 2. The van der Waals surface area contributed by atoms with Crippen molar-refractivity contribution in [3.63, 3.8) is 0 Å². The van der Waals surface area contributed by atoms with Crippen molar-refractivity contribution < 1.29 is 18.8 Å². The number of Topliss-reactive ketones (excluding diaryl/α,β-unsaturated/α-hetero) is 2. The van der Waals surface area contributed by atoms with E-state index in [1.165, 1.54) is 38.0 Å². The number of urea groups is 1. The highest BCUT2D eigenvalue weighted by molar-refractivity contribution is 6.02. The number of carbonyl (C=O) groups is 3. The third kappa shape index (κ3) is 8.19. The number of likely N-dealkylation sites (tertiary alicyclic amines) is 2. The molecule has 0 aliphatic carbocycles. The van der Waals surface area contributed by atoms with E-state index in [2.05, 4.69) is 27.4 Å². The molecule has 2 heterocycles. The number of piperidine rings is 2. The summed E-state index contributed by atoms with van der Waals surface area (Å²) < 4.78 is 13.3. The molecular formula is C31H41FN4O3. The topological polar surface area (TPSA) is 81.8 Å². The minimum Gasteiger partial charge on any atom is -0.335 e. The number of hydrogen-bond donors (Lipinski definition) is 2. The van der Waals surface area contributed by atoms with Gasteiger partial charge in [-0.3, -0.25) is 9.59 Å². The molecule has 2 amide bonds. The minimum absolute atomic E-state index is 0.0218. The molecule has 39 heavy (non-hydrogen) atoms. The zero-order valence-corrected chi connectivity index (χ0v) is 23.3. The Morgan fingerprint density at radius 2 is 1.62 bits per heavy atom. The summed E-state index contributed by atoms with van der Waals surface area (Å²) >= 11 is 0. The molecule has 4 rings (SSSR count). The van der Waals surface area contributed by atoms with E-state index in [4.69, 9.17) is 0 Å². The standard InChI is InChI=1S/C31H41FN4O3/c1-4-35-13-11-30(34-31(39)33-29-16-25(21(2)37)15-26(17-29)22(3)38)27(19-35)20-36-12-5-6-24(18-36)14-23-7-9-28(32)10-8-23/h7-10,15-17,24,27,30H,4-6,11-14,18-20H2,1-3H3,(H2,33,34,39)/t24-,27-,30+/m0/s1. The highest BCUT2D eigenvalue weighted by atomic mass is 19.1. The number of nitrogens with one attached hydrogen (secondary N) is 2. The lowest BCUT2D eigenvalue weighted by Gasteiger charge is -2.42. The predicted molar refractivity (Wildman–Crippen MR) is 152 cm³/mol. The average molecular weight is 537 g/mol. The van der Waals surface area contributed by atoms with Gasteiger partial charge in [0.2, 0.25) is 0 Å². The smallest absolute Gasteiger partial charge is 0.319 e. The fourth-order valence-corrected chi connectivity index (χ4v) is 5.98. The third-order valence-electron chi connectivity index (χ3n) is 8.12. The summed E-state index contributed by atoms with van der Waals surface area (Å²) in [5, 5.41) is 6.06. The van der Waals surface area contributed by atoms with Crippen LogP contribution in [0.1, 0.15) is 66.3 Å². The summed E-state index contributed by atoms with van der Waals surface area (Å²) in [6.07, 6.45) is 4.13. The molecule has 2 aromatic rings. The van der Waals surface area contributed by atoms with Crippen molar-refractivity contribution in [2.75, 3.05) is 44.6 Å². The van der Waals surface area contributed by atoms with Crippen LogP contribution < -0.4 is 10.6 Å². The van der Waals surface area contributed by atoms with E-state index in [9.17, 15) is 18.8 Å². The summed E-state index contributed by atoms with van der Waals surface area (Å²) in [5.74, 6) is 0.301. The van der Waals surface area contributed by atoms with E-state index in [-0.39, 0.29) is 35.4 Å². The highest BCUT2D eigenvalue weighted by Crippen LogP contribution is 2.25. The van der Waals surface area contributed by atoms with Crippen LogP contribution in [0.4, 0.5) is 14.9 Å². The monoisotopic (exact) mass is 536 g/mol. The zero-order valence-electron chi connectivity index (χ0n) is 23.3. The van der Waals surface area contributed by atoms with Gasteiger partial charge in [0, 0.05) is 55.0 Å². The number of nitrogens with zero attached hydrogens (tertiary/aromatic N) is 2. The van der Waals surface area contributed by atoms with Gasteiger partial charge in [0.05, 0.1) is 0 Å². The largest absolute Gasteiger partial charge is 0.335 e. The SMILES string of the molecule is CCN1CC[C@@H](NC(=O)Nc2cc(C(C)=O)cc(C(C)=O)c2)[C@H](CN2CCC[C@@H](Cc3ccc(F)cc3)C2)C1. The second-order valence-electron chi connectivity index (χ2n) is 11.2. The number of halogens is 1. The summed E-state index contributed by atoms with van der Waals surface area (Å²) in [6.45, 7) is 10.9. The van der Waals surface area contributed by atoms with Crippen LogP contribution in [0.25, 0.3) is 0 Å². The lowest BCUT2D eigenvalue weighted by atomic mass is 9.88. The van der Waals surface area contributed by atoms with Crippen molar-refractivity contribution in [1.29, 1.82) is 0 Å². The summed E-state index contributed by atoms with van der Waals surface area (Å²) in [5.41, 5.74) is 2.41. The molecule has 0 spiro atoms. The van der Waals surface area contributed by atoms with Crippen LogP contribution >= 0.6 is 0 Å². The maximum Gasteiger partial charge on any atom is 0.319 e. The molecule has 7 nitrogen and oxygen atoms in total. The molecular weight excluding hydrogens is 495 g/mol. The van der Waals surface area contributed by atoms with Crippen LogP contribution in [0.5, 0.6) is 0 Å². The molecule has 3 atom stereocenters.